The lowest BCUT2D eigenvalue weighted by Crippen LogP contribution is -2.13. The number of rotatable bonds is 3. The lowest BCUT2D eigenvalue weighted by atomic mass is 10.1. The van der Waals surface area contributed by atoms with Gasteiger partial charge >= 0.3 is 0 Å². The summed E-state index contributed by atoms with van der Waals surface area (Å²) in [5, 5.41) is 0. The molecule has 0 atom stereocenters. The van der Waals surface area contributed by atoms with Crippen molar-refractivity contribution in [1.82, 2.24) is 4.57 Å². The number of fused-ring (bicyclic) bond motifs is 1. The van der Waals surface area contributed by atoms with Crippen LogP contribution in [0.25, 0.3) is 0 Å². The molecule has 1 aliphatic carbocycles. The van der Waals surface area contributed by atoms with Gasteiger partial charge in [-0.25, -0.2) is 0 Å². The summed E-state index contributed by atoms with van der Waals surface area (Å²) in [7, 11) is 0. The van der Waals surface area contributed by atoms with Gasteiger partial charge in [0.05, 0.1) is 5.88 Å². The molecular formula is C17H18ClNO. The largest absolute Gasteiger partial charge is 0.345 e. The third-order valence-electron chi connectivity index (χ3n) is 4.30. The molecule has 0 N–H and O–H groups in total. The first-order chi connectivity index (χ1) is 9.61. The molecule has 0 radical (unpaired) electrons. The van der Waals surface area contributed by atoms with Gasteiger partial charge in [0.15, 0.2) is 5.78 Å². The van der Waals surface area contributed by atoms with Gasteiger partial charge in [0.2, 0.25) is 0 Å². The van der Waals surface area contributed by atoms with Gasteiger partial charge in [-0.1, -0.05) is 24.3 Å². The number of aryl methyl sites for hydroxylation is 1. The molecule has 0 saturated carbocycles. The molecular weight excluding hydrogens is 270 g/mol. The Kier molecular flexibility index (Phi) is 3.43. The van der Waals surface area contributed by atoms with Gasteiger partial charge in [0.1, 0.15) is 0 Å². The molecule has 0 unspecified atom stereocenters. The molecule has 0 aliphatic heterocycles. The number of carbonyl (C=O) groups excluding carboxylic acids is 1. The van der Waals surface area contributed by atoms with E-state index in [9.17, 15) is 4.79 Å². The average Bonchev–Trinajstić information content (AvgIpc) is 2.98. The highest BCUT2D eigenvalue weighted by atomic mass is 35.5. The van der Waals surface area contributed by atoms with E-state index in [-0.39, 0.29) is 11.7 Å². The van der Waals surface area contributed by atoms with E-state index >= 15 is 0 Å². The monoisotopic (exact) mass is 287 g/mol. The van der Waals surface area contributed by atoms with Crippen molar-refractivity contribution in [3.63, 3.8) is 0 Å². The molecule has 20 heavy (non-hydrogen) atoms. The van der Waals surface area contributed by atoms with E-state index in [2.05, 4.69) is 35.8 Å². The van der Waals surface area contributed by atoms with Crippen LogP contribution in [0.3, 0.4) is 0 Å². The van der Waals surface area contributed by atoms with E-state index in [0.717, 1.165) is 29.8 Å². The number of hydrogen-bond acceptors (Lipinski definition) is 1. The van der Waals surface area contributed by atoms with Crippen LogP contribution in [0.2, 0.25) is 0 Å². The van der Waals surface area contributed by atoms with Gasteiger partial charge in [-0.2, -0.15) is 0 Å². The Hall–Kier alpha value is -1.54. The maximum atomic E-state index is 11.9. The number of benzene rings is 1. The molecule has 2 nitrogen and oxygen atoms in total. The number of nitrogens with zero attached hydrogens (tertiary/aromatic N) is 1. The molecule has 1 heterocycles. The summed E-state index contributed by atoms with van der Waals surface area (Å²) < 4.78 is 2.31. The Morgan fingerprint density at radius 3 is 2.40 bits per heavy atom. The van der Waals surface area contributed by atoms with Gasteiger partial charge < -0.3 is 4.57 Å². The highest BCUT2D eigenvalue weighted by Gasteiger charge is 2.26. The van der Waals surface area contributed by atoms with E-state index in [1.54, 1.807) is 0 Å². The summed E-state index contributed by atoms with van der Waals surface area (Å²) in [5.74, 6) is 0.0661. The van der Waals surface area contributed by atoms with E-state index in [4.69, 9.17) is 11.6 Å². The molecule has 0 bridgehead atoms. The summed E-state index contributed by atoms with van der Waals surface area (Å²) in [6.07, 6.45) is 2.09. The molecule has 3 rings (SSSR count). The second-order valence-corrected chi connectivity index (χ2v) is 5.81. The highest BCUT2D eigenvalue weighted by Crippen LogP contribution is 2.33. The van der Waals surface area contributed by atoms with Crippen molar-refractivity contribution >= 4 is 17.4 Å². The standard InChI is InChI=1S/C17H18ClNO/c1-11-7-16(17(20)10-18)12(2)19(11)15-8-13-5-3-4-6-14(13)9-15/h3-7,15H,8-10H2,1-2H3. The minimum atomic E-state index is 0.0153. The summed E-state index contributed by atoms with van der Waals surface area (Å²) in [6.45, 7) is 4.09. The minimum absolute atomic E-state index is 0.0153. The SMILES string of the molecule is Cc1cc(C(=O)CCl)c(C)n1C1Cc2ccccc2C1. The summed E-state index contributed by atoms with van der Waals surface area (Å²) in [5.41, 5.74) is 5.82. The van der Waals surface area contributed by atoms with Crippen LogP contribution in [0.15, 0.2) is 30.3 Å². The first-order valence-corrected chi connectivity index (χ1v) is 7.49. The van der Waals surface area contributed by atoms with Gasteiger partial charge in [-0.3, -0.25) is 4.79 Å². The van der Waals surface area contributed by atoms with Gasteiger partial charge in [0, 0.05) is 23.0 Å². The van der Waals surface area contributed by atoms with Gasteiger partial charge in [-0.15, -0.1) is 11.6 Å². The molecule has 0 amide bonds. The normalized spacial score (nSPS) is 14.6. The first-order valence-electron chi connectivity index (χ1n) is 6.96. The number of Topliss-reactive ketones (excluding diaryl/α,β-unsaturated/α-hetero) is 1. The zero-order valence-electron chi connectivity index (χ0n) is 11.8. The average molecular weight is 288 g/mol. The van der Waals surface area contributed by atoms with Crippen LogP contribution in [-0.4, -0.2) is 16.2 Å². The first kappa shape index (κ1) is 13.4. The molecule has 3 heteroatoms. The molecule has 0 saturated heterocycles. The van der Waals surface area contributed by atoms with E-state index in [1.165, 1.54) is 11.1 Å². The van der Waals surface area contributed by atoms with Crippen LogP contribution in [0, 0.1) is 13.8 Å². The van der Waals surface area contributed by atoms with E-state index < -0.39 is 0 Å². The maximum absolute atomic E-state index is 11.9. The van der Waals surface area contributed by atoms with Crippen LogP contribution in [0.1, 0.15) is 38.9 Å². The number of alkyl halides is 1. The second kappa shape index (κ2) is 5.10. The summed E-state index contributed by atoms with van der Waals surface area (Å²) >= 11 is 5.69. The number of halogens is 1. The molecule has 1 aliphatic rings. The van der Waals surface area contributed by atoms with Crippen molar-refractivity contribution in [3.05, 3.63) is 58.4 Å². The van der Waals surface area contributed by atoms with Gasteiger partial charge in [0.25, 0.3) is 0 Å². The number of carbonyl (C=O) groups is 1. The Morgan fingerprint density at radius 1 is 1.25 bits per heavy atom. The topological polar surface area (TPSA) is 22.0 Å². The van der Waals surface area contributed by atoms with Crippen molar-refractivity contribution in [2.24, 2.45) is 0 Å². The van der Waals surface area contributed by atoms with Gasteiger partial charge in [-0.05, 0) is 43.9 Å². The van der Waals surface area contributed by atoms with Crippen LogP contribution < -0.4 is 0 Å². The molecule has 0 fully saturated rings. The minimum Gasteiger partial charge on any atom is -0.345 e. The zero-order chi connectivity index (χ0) is 14.3. The van der Waals surface area contributed by atoms with E-state index in [0.29, 0.717) is 6.04 Å². The smallest absolute Gasteiger partial charge is 0.179 e. The highest BCUT2D eigenvalue weighted by molar-refractivity contribution is 6.30. The van der Waals surface area contributed by atoms with Crippen molar-refractivity contribution in [3.8, 4) is 0 Å². The number of aromatic nitrogens is 1. The molecule has 0 spiro atoms. The predicted octanol–water partition coefficient (Wildman–Crippen LogP) is 3.87. The Morgan fingerprint density at radius 2 is 1.85 bits per heavy atom. The molecule has 1 aromatic heterocycles. The fraction of sp³-hybridized carbons (Fsp3) is 0.353. The Bertz CT molecular complexity index is 647. The van der Waals surface area contributed by atoms with E-state index in [1.807, 2.05) is 13.0 Å². The molecule has 2 aromatic rings. The Balaban J connectivity index is 1.97. The third kappa shape index (κ3) is 2.08. The Labute approximate surface area is 124 Å². The van der Waals surface area contributed by atoms with Crippen LogP contribution >= 0.6 is 11.6 Å². The second-order valence-electron chi connectivity index (χ2n) is 5.54. The third-order valence-corrected chi connectivity index (χ3v) is 4.54. The maximum Gasteiger partial charge on any atom is 0.179 e. The van der Waals surface area contributed by atoms with Crippen LogP contribution in [-0.2, 0) is 12.8 Å². The molecule has 1 aromatic carbocycles. The van der Waals surface area contributed by atoms with Crippen molar-refractivity contribution in [2.45, 2.75) is 32.7 Å². The van der Waals surface area contributed by atoms with Crippen LogP contribution in [0.5, 0.6) is 0 Å². The number of ketones is 1. The van der Waals surface area contributed by atoms with Crippen LogP contribution in [0.4, 0.5) is 0 Å². The number of hydrogen-bond donors (Lipinski definition) is 0. The predicted molar refractivity (Wildman–Crippen MR) is 81.8 cm³/mol. The fourth-order valence-corrected chi connectivity index (χ4v) is 3.56. The van der Waals surface area contributed by atoms with Crippen molar-refractivity contribution < 1.29 is 4.79 Å². The zero-order valence-corrected chi connectivity index (χ0v) is 12.6. The quantitative estimate of drug-likeness (QED) is 0.620. The lowest BCUT2D eigenvalue weighted by Gasteiger charge is -2.17. The lowest BCUT2D eigenvalue weighted by molar-refractivity contribution is 0.102. The fourth-order valence-electron chi connectivity index (χ4n) is 3.41. The van der Waals surface area contributed by atoms with Crippen molar-refractivity contribution in [2.75, 3.05) is 5.88 Å². The molecule has 104 valence electrons. The summed E-state index contributed by atoms with van der Waals surface area (Å²) in [6, 6.07) is 11.0. The van der Waals surface area contributed by atoms with Crippen molar-refractivity contribution in [1.29, 1.82) is 0 Å². The summed E-state index contributed by atoms with van der Waals surface area (Å²) in [4.78, 5) is 11.9.